The van der Waals surface area contributed by atoms with E-state index in [0.29, 0.717) is 6.54 Å². The molecule has 0 aromatic heterocycles. The van der Waals surface area contributed by atoms with E-state index in [1.165, 1.54) is 5.56 Å². The summed E-state index contributed by atoms with van der Waals surface area (Å²) in [6.07, 6.45) is 0.495. The van der Waals surface area contributed by atoms with Crippen LogP contribution in [0.5, 0.6) is 0 Å². The Morgan fingerprint density at radius 2 is 1.89 bits per heavy atom. The first kappa shape index (κ1) is 18.2. The highest BCUT2D eigenvalue weighted by atomic mass is 16.6. The van der Waals surface area contributed by atoms with Crippen molar-refractivity contribution in [2.75, 3.05) is 39.3 Å². The van der Waals surface area contributed by atoms with Gasteiger partial charge in [0.2, 0.25) is 5.91 Å². The largest absolute Gasteiger partial charge is 0.465 e. The Kier molecular flexibility index (Phi) is 4.57. The number of carbonyl (C=O) groups is 2. The summed E-state index contributed by atoms with van der Waals surface area (Å²) in [6, 6.07) is 10.4. The van der Waals surface area contributed by atoms with Crippen molar-refractivity contribution in [3.8, 4) is 0 Å². The molecule has 3 fully saturated rings. The first-order valence-corrected chi connectivity index (χ1v) is 9.40. The van der Waals surface area contributed by atoms with E-state index in [4.69, 9.17) is 10.5 Å². The molecule has 3 N–H and O–H groups in total. The third-order valence-electron chi connectivity index (χ3n) is 6.02. The third kappa shape index (κ3) is 3.28. The second kappa shape index (κ2) is 6.78. The van der Waals surface area contributed by atoms with Crippen molar-refractivity contribution >= 4 is 12.0 Å². The number of piperidine rings is 1. The van der Waals surface area contributed by atoms with Gasteiger partial charge in [-0.05, 0) is 18.4 Å². The number of likely N-dealkylation sites (tertiary alicyclic amines) is 1. The van der Waals surface area contributed by atoms with Gasteiger partial charge in [0.25, 0.3) is 0 Å². The molecule has 1 atom stereocenters. The molecule has 1 unspecified atom stereocenters. The Morgan fingerprint density at radius 1 is 1.19 bits per heavy atom. The van der Waals surface area contributed by atoms with Crippen molar-refractivity contribution in [2.45, 2.75) is 30.7 Å². The van der Waals surface area contributed by atoms with E-state index in [2.05, 4.69) is 17.0 Å². The number of piperazine rings is 1. The van der Waals surface area contributed by atoms with E-state index in [9.17, 15) is 14.7 Å². The molecule has 0 saturated carbocycles. The third-order valence-corrected chi connectivity index (χ3v) is 6.02. The molecule has 1 aromatic rings. The second-order valence-electron chi connectivity index (χ2n) is 7.82. The number of amides is 2. The Labute approximate surface area is 158 Å². The molecule has 3 aliphatic rings. The molecule has 0 radical (unpaired) electrons. The average molecular weight is 374 g/mol. The number of ether oxygens (including phenoxy) is 1. The van der Waals surface area contributed by atoms with Crippen LogP contribution in [0.1, 0.15) is 18.4 Å². The van der Waals surface area contributed by atoms with Crippen LogP contribution in [-0.2, 0) is 16.1 Å². The first-order valence-electron chi connectivity index (χ1n) is 9.40. The van der Waals surface area contributed by atoms with E-state index < -0.39 is 17.4 Å². The van der Waals surface area contributed by atoms with Crippen molar-refractivity contribution in [3.05, 3.63) is 35.9 Å². The van der Waals surface area contributed by atoms with Crippen LogP contribution in [0, 0.1) is 0 Å². The molecule has 8 heteroatoms. The van der Waals surface area contributed by atoms with Gasteiger partial charge in [0.1, 0.15) is 6.54 Å². The zero-order valence-corrected chi connectivity index (χ0v) is 15.3. The second-order valence-corrected chi connectivity index (χ2v) is 7.82. The predicted octanol–water partition coefficient (Wildman–Crippen LogP) is 0.529. The maximum atomic E-state index is 12.6. The topological polar surface area (TPSA) is 99.3 Å². The molecule has 8 nitrogen and oxygen atoms in total. The SMILES string of the molecule is NCC12CN(C(=O)O)CC(=O)N1CC1(CCN(Cc3ccccc3)CC1)O2. The van der Waals surface area contributed by atoms with Crippen LogP contribution < -0.4 is 5.73 Å². The van der Waals surface area contributed by atoms with Gasteiger partial charge in [0.05, 0.1) is 18.7 Å². The number of hydrogen-bond donors (Lipinski definition) is 2. The van der Waals surface area contributed by atoms with Gasteiger partial charge in [-0.3, -0.25) is 14.6 Å². The Hall–Kier alpha value is -2.16. The molecule has 2 amide bonds. The summed E-state index contributed by atoms with van der Waals surface area (Å²) < 4.78 is 6.43. The average Bonchev–Trinajstić information content (AvgIpc) is 3.00. The fraction of sp³-hybridized carbons (Fsp3) is 0.579. The summed E-state index contributed by atoms with van der Waals surface area (Å²) in [4.78, 5) is 29.1. The number of benzene rings is 1. The Bertz CT molecular complexity index is 720. The smallest absolute Gasteiger partial charge is 0.407 e. The molecule has 1 spiro atoms. The first-order chi connectivity index (χ1) is 13.0. The highest BCUT2D eigenvalue weighted by Crippen LogP contribution is 2.42. The van der Waals surface area contributed by atoms with Crippen molar-refractivity contribution in [2.24, 2.45) is 5.73 Å². The monoisotopic (exact) mass is 374 g/mol. The van der Waals surface area contributed by atoms with Gasteiger partial charge < -0.3 is 20.5 Å². The lowest BCUT2D eigenvalue weighted by molar-refractivity contribution is -0.181. The number of rotatable bonds is 3. The van der Waals surface area contributed by atoms with Crippen LogP contribution in [0.4, 0.5) is 4.79 Å². The molecule has 4 rings (SSSR count). The fourth-order valence-corrected chi connectivity index (χ4v) is 4.53. The number of carboxylic acid groups (broad SMARTS) is 1. The summed E-state index contributed by atoms with van der Waals surface area (Å²) in [5, 5.41) is 9.31. The highest BCUT2D eigenvalue weighted by Gasteiger charge is 2.59. The molecule has 1 aromatic carbocycles. The quantitative estimate of drug-likeness (QED) is 0.801. The normalized spacial score (nSPS) is 27.8. The minimum absolute atomic E-state index is 0.0952. The van der Waals surface area contributed by atoms with Crippen LogP contribution in [0.2, 0.25) is 0 Å². The predicted molar refractivity (Wildman–Crippen MR) is 97.9 cm³/mol. The fourth-order valence-electron chi connectivity index (χ4n) is 4.53. The van der Waals surface area contributed by atoms with Gasteiger partial charge in [-0.1, -0.05) is 30.3 Å². The molecule has 3 aliphatic heterocycles. The van der Waals surface area contributed by atoms with Crippen molar-refractivity contribution < 1.29 is 19.4 Å². The number of nitrogens with zero attached hydrogens (tertiary/aromatic N) is 3. The number of fused-ring (bicyclic) bond motifs is 1. The van der Waals surface area contributed by atoms with E-state index in [1.807, 2.05) is 18.2 Å². The molecule has 0 bridgehead atoms. The minimum Gasteiger partial charge on any atom is -0.465 e. The van der Waals surface area contributed by atoms with Crippen molar-refractivity contribution in [3.63, 3.8) is 0 Å². The van der Waals surface area contributed by atoms with E-state index in [0.717, 1.165) is 37.4 Å². The van der Waals surface area contributed by atoms with Crippen LogP contribution in [0.3, 0.4) is 0 Å². The zero-order chi connectivity index (χ0) is 19.1. The summed E-state index contributed by atoms with van der Waals surface area (Å²) in [5.41, 5.74) is 5.79. The van der Waals surface area contributed by atoms with Gasteiger partial charge in [-0.2, -0.15) is 0 Å². The van der Waals surface area contributed by atoms with Crippen molar-refractivity contribution in [1.29, 1.82) is 0 Å². The standard InChI is InChI=1S/C19H26N4O4/c20-12-19-14-22(17(25)26)11-16(24)23(19)13-18(27-19)6-8-21(9-7-18)10-15-4-2-1-3-5-15/h1-5H,6-14,20H2,(H,25,26). The maximum Gasteiger partial charge on any atom is 0.407 e. The molecular formula is C19H26N4O4. The molecule has 146 valence electrons. The molecule has 3 heterocycles. The Balaban J connectivity index is 1.45. The van der Waals surface area contributed by atoms with Crippen molar-refractivity contribution in [1.82, 2.24) is 14.7 Å². The molecule has 0 aliphatic carbocycles. The van der Waals surface area contributed by atoms with Gasteiger partial charge >= 0.3 is 6.09 Å². The summed E-state index contributed by atoms with van der Waals surface area (Å²) in [5.74, 6) is -0.224. The van der Waals surface area contributed by atoms with Crippen LogP contribution in [-0.4, -0.2) is 82.4 Å². The van der Waals surface area contributed by atoms with Gasteiger partial charge in [-0.25, -0.2) is 4.79 Å². The van der Waals surface area contributed by atoms with Crippen LogP contribution >= 0.6 is 0 Å². The highest BCUT2D eigenvalue weighted by molar-refractivity contribution is 5.84. The number of nitrogens with two attached hydrogens (primary N) is 1. The zero-order valence-electron chi connectivity index (χ0n) is 15.3. The summed E-state index contributed by atoms with van der Waals surface area (Å²) >= 11 is 0. The Morgan fingerprint density at radius 3 is 2.52 bits per heavy atom. The lowest BCUT2D eigenvalue weighted by atomic mass is 9.91. The van der Waals surface area contributed by atoms with Crippen LogP contribution in [0.25, 0.3) is 0 Å². The lowest BCUT2D eigenvalue weighted by Gasteiger charge is -2.44. The molecular weight excluding hydrogens is 348 g/mol. The summed E-state index contributed by atoms with van der Waals surface area (Å²) in [6.45, 7) is 3.22. The van der Waals surface area contributed by atoms with E-state index in [-0.39, 0.29) is 25.5 Å². The van der Waals surface area contributed by atoms with Gasteiger partial charge in [0.15, 0.2) is 5.72 Å². The lowest BCUT2D eigenvalue weighted by Crippen LogP contribution is -2.66. The van der Waals surface area contributed by atoms with Gasteiger partial charge in [-0.15, -0.1) is 0 Å². The number of hydrogen-bond acceptors (Lipinski definition) is 5. The number of carbonyl (C=O) groups excluding carboxylic acids is 1. The van der Waals surface area contributed by atoms with E-state index in [1.54, 1.807) is 4.90 Å². The van der Waals surface area contributed by atoms with Crippen LogP contribution in [0.15, 0.2) is 30.3 Å². The van der Waals surface area contributed by atoms with Gasteiger partial charge in [0, 0.05) is 26.2 Å². The van der Waals surface area contributed by atoms with E-state index >= 15 is 0 Å². The maximum absolute atomic E-state index is 12.6. The molecule has 27 heavy (non-hydrogen) atoms. The molecule has 3 saturated heterocycles. The minimum atomic E-state index is -1.11. The summed E-state index contributed by atoms with van der Waals surface area (Å²) in [7, 11) is 0.